The quantitative estimate of drug-likeness (QED) is 0.805. The number of carbonyl (C=O) groups excluding carboxylic acids is 1. The standard InChI is InChI=1S/C15H16FN3O/c1-11(2)19(10-12-5-4-8-17-9-12)15(20)13-6-3-7-14(16)18-13/h3-9,11H,10H2,1-2H3. The molecule has 0 radical (unpaired) electrons. The minimum atomic E-state index is -0.652. The van der Waals surface area contributed by atoms with E-state index in [1.54, 1.807) is 17.3 Å². The first-order chi connectivity index (χ1) is 9.58. The predicted octanol–water partition coefficient (Wildman–Crippen LogP) is 2.67. The molecular weight excluding hydrogens is 257 g/mol. The second-order valence-electron chi connectivity index (χ2n) is 4.73. The Hall–Kier alpha value is -2.30. The van der Waals surface area contributed by atoms with Crippen molar-refractivity contribution in [3.63, 3.8) is 0 Å². The minimum Gasteiger partial charge on any atom is -0.330 e. The van der Waals surface area contributed by atoms with Crippen molar-refractivity contribution in [3.05, 3.63) is 59.9 Å². The van der Waals surface area contributed by atoms with Crippen LogP contribution in [-0.2, 0) is 6.54 Å². The Kier molecular flexibility index (Phi) is 4.40. The zero-order valence-electron chi connectivity index (χ0n) is 11.5. The van der Waals surface area contributed by atoms with Crippen LogP contribution in [0.1, 0.15) is 29.9 Å². The van der Waals surface area contributed by atoms with Crippen LogP contribution in [0.25, 0.3) is 0 Å². The fourth-order valence-corrected chi connectivity index (χ4v) is 1.85. The lowest BCUT2D eigenvalue weighted by molar-refractivity contribution is 0.0683. The fraction of sp³-hybridized carbons (Fsp3) is 0.267. The molecule has 0 atom stereocenters. The van der Waals surface area contributed by atoms with E-state index in [1.165, 1.54) is 18.2 Å². The van der Waals surface area contributed by atoms with Crippen molar-refractivity contribution in [3.8, 4) is 0 Å². The molecule has 0 fully saturated rings. The van der Waals surface area contributed by atoms with E-state index in [2.05, 4.69) is 9.97 Å². The minimum absolute atomic E-state index is 0.0206. The van der Waals surface area contributed by atoms with Gasteiger partial charge in [-0.2, -0.15) is 4.39 Å². The Bertz CT molecular complexity index is 587. The second-order valence-corrected chi connectivity index (χ2v) is 4.73. The molecule has 0 saturated heterocycles. The summed E-state index contributed by atoms with van der Waals surface area (Å²) in [7, 11) is 0. The lowest BCUT2D eigenvalue weighted by atomic mass is 10.2. The van der Waals surface area contributed by atoms with Gasteiger partial charge in [-0.1, -0.05) is 12.1 Å². The van der Waals surface area contributed by atoms with Gasteiger partial charge in [0.05, 0.1) is 0 Å². The summed E-state index contributed by atoms with van der Waals surface area (Å²) in [5, 5.41) is 0. The molecule has 1 amide bonds. The maximum Gasteiger partial charge on any atom is 0.273 e. The van der Waals surface area contributed by atoms with Crippen LogP contribution in [0.3, 0.4) is 0 Å². The molecule has 2 aromatic heterocycles. The first kappa shape index (κ1) is 14.1. The molecule has 20 heavy (non-hydrogen) atoms. The molecule has 4 nitrogen and oxygen atoms in total. The van der Waals surface area contributed by atoms with Crippen LogP contribution in [-0.4, -0.2) is 26.8 Å². The molecule has 5 heteroatoms. The third-order valence-electron chi connectivity index (χ3n) is 2.89. The van der Waals surface area contributed by atoms with Crippen LogP contribution >= 0.6 is 0 Å². The molecular formula is C15H16FN3O. The van der Waals surface area contributed by atoms with Crippen LogP contribution < -0.4 is 0 Å². The molecule has 2 heterocycles. The molecule has 104 valence electrons. The SMILES string of the molecule is CC(C)N(Cc1cccnc1)C(=O)c1cccc(F)n1. The summed E-state index contributed by atoms with van der Waals surface area (Å²) < 4.78 is 13.1. The van der Waals surface area contributed by atoms with Crippen molar-refractivity contribution in [2.45, 2.75) is 26.4 Å². The lowest BCUT2D eigenvalue weighted by Gasteiger charge is -2.26. The summed E-state index contributed by atoms with van der Waals surface area (Å²) in [6, 6.07) is 7.92. The average molecular weight is 273 g/mol. The molecule has 2 rings (SSSR count). The van der Waals surface area contributed by atoms with E-state index in [0.29, 0.717) is 6.54 Å². The topological polar surface area (TPSA) is 46.1 Å². The van der Waals surface area contributed by atoms with Crippen LogP contribution in [0.15, 0.2) is 42.7 Å². The Balaban J connectivity index is 2.23. The zero-order valence-corrected chi connectivity index (χ0v) is 11.5. The highest BCUT2D eigenvalue weighted by Crippen LogP contribution is 2.12. The highest BCUT2D eigenvalue weighted by atomic mass is 19.1. The number of nitrogens with zero attached hydrogens (tertiary/aromatic N) is 3. The number of pyridine rings is 2. The first-order valence-corrected chi connectivity index (χ1v) is 6.40. The van der Waals surface area contributed by atoms with Gasteiger partial charge in [0.2, 0.25) is 5.95 Å². The molecule has 0 aliphatic carbocycles. The zero-order chi connectivity index (χ0) is 14.5. The van der Waals surface area contributed by atoms with E-state index in [1.807, 2.05) is 26.0 Å². The van der Waals surface area contributed by atoms with Crippen LogP contribution in [0.4, 0.5) is 4.39 Å². The summed E-state index contributed by atoms with van der Waals surface area (Å²) in [6.07, 6.45) is 3.39. The van der Waals surface area contributed by atoms with Gasteiger partial charge in [0.25, 0.3) is 5.91 Å². The summed E-state index contributed by atoms with van der Waals surface area (Å²) in [4.78, 5) is 21.7. The lowest BCUT2D eigenvalue weighted by Crippen LogP contribution is -2.37. The number of carbonyl (C=O) groups is 1. The van der Waals surface area contributed by atoms with Gasteiger partial charge in [0, 0.05) is 25.0 Å². The third-order valence-corrected chi connectivity index (χ3v) is 2.89. The monoisotopic (exact) mass is 273 g/mol. The molecule has 0 unspecified atom stereocenters. The number of hydrogen-bond acceptors (Lipinski definition) is 3. The largest absolute Gasteiger partial charge is 0.330 e. The number of hydrogen-bond donors (Lipinski definition) is 0. The number of halogens is 1. The summed E-state index contributed by atoms with van der Waals surface area (Å²) in [5.74, 6) is -0.940. The van der Waals surface area contributed by atoms with Crippen LogP contribution in [0.2, 0.25) is 0 Å². The Morgan fingerprint density at radius 1 is 1.30 bits per heavy atom. The maximum atomic E-state index is 13.1. The average Bonchev–Trinajstić information content (AvgIpc) is 2.45. The van der Waals surface area contributed by atoms with Gasteiger partial charge in [-0.05, 0) is 37.6 Å². The van der Waals surface area contributed by atoms with Crippen molar-refractivity contribution in [2.24, 2.45) is 0 Å². The van der Waals surface area contributed by atoms with Crippen LogP contribution in [0, 0.1) is 5.95 Å². The van der Waals surface area contributed by atoms with Gasteiger partial charge in [-0.3, -0.25) is 9.78 Å². The Labute approximate surface area is 117 Å². The van der Waals surface area contributed by atoms with Gasteiger partial charge in [-0.25, -0.2) is 4.98 Å². The fourth-order valence-electron chi connectivity index (χ4n) is 1.85. The molecule has 0 bridgehead atoms. The molecule has 0 aliphatic heterocycles. The molecule has 0 aromatic carbocycles. The highest BCUT2D eigenvalue weighted by Gasteiger charge is 2.20. The summed E-state index contributed by atoms with van der Waals surface area (Å²) in [6.45, 7) is 4.24. The van der Waals surface area contributed by atoms with Gasteiger partial charge in [0.1, 0.15) is 5.69 Å². The van der Waals surface area contributed by atoms with E-state index >= 15 is 0 Å². The van der Waals surface area contributed by atoms with Crippen LogP contribution in [0.5, 0.6) is 0 Å². The van der Waals surface area contributed by atoms with Gasteiger partial charge >= 0.3 is 0 Å². The van der Waals surface area contributed by atoms with E-state index in [4.69, 9.17) is 0 Å². The van der Waals surface area contributed by atoms with Gasteiger partial charge < -0.3 is 4.90 Å². The van der Waals surface area contributed by atoms with Gasteiger partial charge in [0.15, 0.2) is 0 Å². The van der Waals surface area contributed by atoms with E-state index < -0.39 is 5.95 Å². The first-order valence-electron chi connectivity index (χ1n) is 6.40. The Morgan fingerprint density at radius 3 is 2.70 bits per heavy atom. The number of rotatable bonds is 4. The maximum absolute atomic E-state index is 13.1. The van der Waals surface area contributed by atoms with Crippen molar-refractivity contribution in [1.82, 2.24) is 14.9 Å². The van der Waals surface area contributed by atoms with Crippen molar-refractivity contribution >= 4 is 5.91 Å². The summed E-state index contributed by atoms with van der Waals surface area (Å²) >= 11 is 0. The molecule has 2 aromatic rings. The van der Waals surface area contributed by atoms with E-state index in [-0.39, 0.29) is 17.6 Å². The number of aromatic nitrogens is 2. The summed E-state index contributed by atoms with van der Waals surface area (Å²) in [5.41, 5.74) is 1.04. The number of amides is 1. The molecule has 0 saturated carbocycles. The highest BCUT2D eigenvalue weighted by molar-refractivity contribution is 5.92. The molecule has 0 aliphatic rings. The van der Waals surface area contributed by atoms with Crippen molar-refractivity contribution < 1.29 is 9.18 Å². The van der Waals surface area contributed by atoms with E-state index in [9.17, 15) is 9.18 Å². The van der Waals surface area contributed by atoms with Crippen molar-refractivity contribution in [1.29, 1.82) is 0 Å². The molecule has 0 N–H and O–H groups in total. The Morgan fingerprint density at radius 2 is 2.10 bits per heavy atom. The molecule has 0 spiro atoms. The third kappa shape index (κ3) is 3.38. The van der Waals surface area contributed by atoms with Crippen molar-refractivity contribution in [2.75, 3.05) is 0 Å². The normalized spacial score (nSPS) is 10.6. The van der Waals surface area contributed by atoms with Gasteiger partial charge in [-0.15, -0.1) is 0 Å². The second kappa shape index (κ2) is 6.23. The predicted molar refractivity (Wildman–Crippen MR) is 73.4 cm³/mol. The smallest absolute Gasteiger partial charge is 0.273 e. The van der Waals surface area contributed by atoms with E-state index in [0.717, 1.165) is 5.56 Å².